The summed E-state index contributed by atoms with van der Waals surface area (Å²) in [5.41, 5.74) is 12.8. The van der Waals surface area contributed by atoms with Gasteiger partial charge in [0.2, 0.25) is 0 Å². The second-order valence-electron chi connectivity index (χ2n) is 8.07. The highest BCUT2D eigenvalue weighted by Crippen LogP contribution is 2.22. The van der Waals surface area contributed by atoms with E-state index >= 15 is 0 Å². The zero-order chi connectivity index (χ0) is 22.8. The van der Waals surface area contributed by atoms with Gasteiger partial charge < -0.3 is 10.8 Å². The Morgan fingerprint density at radius 3 is 2.20 bits per heavy atom. The predicted octanol–water partition coefficient (Wildman–Crippen LogP) is 6.15. The van der Waals surface area contributed by atoms with Crippen LogP contribution in [0, 0.1) is 12.8 Å². The number of aromatic hydroxyl groups is 1. The van der Waals surface area contributed by atoms with Crippen molar-refractivity contribution in [2.45, 2.75) is 67.2 Å². The number of hydrogen-bond acceptors (Lipinski definition) is 4. The first-order chi connectivity index (χ1) is 14.1. The van der Waals surface area contributed by atoms with Gasteiger partial charge >= 0.3 is 0 Å². The first-order valence-electron chi connectivity index (χ1n) is 10.8. The molecule has 164 valence electrons. The van der Waals surface area contributed by atoms with Gasteiger partial charge in [0.05, 0.1) is 0 Å². The molecular weight excluding hydrogens is 372 g/mol. The summed E-state index contributed by atoms with van der Waals surface area (Å²) in [6.07, 6.45) is 4.06. The molecule has 0 bridgehead atoms. The molecule has 0 fully saturated rings. The fraction of sp³-hybridized carbons (Fsp3) is 0.462. The second-order valence-corrected chi connectivity index (χ2v) is 8.07. The van der Waals surface area contributed by atoms with Crippen molar-refractivity contribution >= 4 is 17.2 Å². The molecule has 0 saturated carbocycles. The number of benzene rings is 2. The molecule has 0 aliphatic rings. The molecule has 2 aromatic carbocycles. The molecule has 0 unspecified atom stereocenters. The largest absolute Gasteiger partial charge is 0.508 e. The third-order valence-electron chi connectivity index (χ3n) is 5.27. The van der Waals surface area contributed by atoms with Crippen molar-refractivity contribution in [3.63, 3.8) is 0 Å². The zero-order valence-electron chi connectivity index (χ0n) is 19.7. The van der Waals surface area contributed by atoms with Gasteiger partial charge in [-0.1, -0.05) is 33.8 Å². The summed E-state index contributed by atoms with van der Waals surface area (Å²) in [6.45, 7) is 12.2. The maximum Gasteiger partial charge on any atom is 0.161 e. The molecule has 3 N–H and O–H groups in total. The van der Waals surface area contributed by atoms with Crippen LogP contribution in [0.2, 0.25) is 0 Å². The topological polar surface area (TPSA) is 75.7 Å². The van der Waals surface area contributed by atoms with Crippen molar-refractivity contribution in [3.8, 4) is 5.75 Å². The molecule has 0 aliphatic carbocycles. The molecule has 4 heteroatoms. The van der Waals surface area contributed by atoms with Crippen LogP contribution >= 0.6 is 0 Å². The van der Waals surface area contributed by atoms with E-state index in [1.54, 1.807) is 20.0 Å². The van der Waals surface area contributed by atoms with Crippen LogP contribution in [0.5, 0.6) is 5.75 Å². The number of hydrogen-bond donors (Lipinski definition) is 2. The number of anilines is 1. The first kappa shape index (κ1) is 25.4. The smallest absolute Gasteiger partial charge is 0.161 e. The summed E-state index contributed by atoms with van der Waals surface area (Å²) in [6, 6.07) is 9.34. The molecule has 0 atom stereocenters. The maximum atomic E-state index is 11.6. The van der Waals surface area contributed by atoms with Crippen LogP contribution in [0.25, 0.3) is 0 Å². The number of carbonyl (C=O) groups excluding carboxylic acids is 1. The van der Waals surface area contributed by atoms with Crippen molar-refractivity contribution in [2.75, 3.05) is 12.8 Å². The average molecular weight is 411 g/mol. The normalized spacial score (nSPS) is 11.3. The molecule has 30 heavy (non-hydrogen) atoms. The van der Waals surface area contributed by atoms with E-state index in [9.17, 15) is 4.79 Å². The molecule has 0 radical (unpaired) electrons. The highest BCUT2D eigenvalue weighted by Gasteiger charge is 2.13. The maximum absolute atomic E-state index is 11.6. The molecule has 0 aliphatic heterocycles. The Bertz CT molecular complexity index is 883. The van der Waals surface area contributed by atoms with E-state index < -0.39 is 0 Å². The van der Waals surface area contributed by atoms with Crippen molar-refractivity contribution in [1.29, 1.82) is 0 Å². The SMILES string of the molecule is CCc1ccc(O)cc1CC.CN=C(CCC(C)C)c1cc(C(C)=O)c(N)cc1C. The Morgan fingerprint density at radius 1 is 1.07 bits per heavy atom. The molecule has 0 saturated heterocycles. The monoisotopic (exact) mass is 410 g/mol. The number of carbonyl (C=O) groups is 1. The lowest BCUT2D eigenvalue weighted by atomic mass is 9.94. The number of nitrogens with zero attached hydrogens (tertiary/aromatic N) is 1. The summed E-state index contributed by atoms with van der Waals surface area (Å²) in [7, 11) is 1.80. The Balaban J connectivity index is 0.000000346. The molecule has 0 spiro atoms. The molecule has 4 nitrogen and oxygen atoms in total. The summed E-state index contributed by atoms with van der Waals surface area (Å²) >= 11 is 0. The molecule has 2 aromatic rings. The number of nitrogens with two attached hydrogens (primary N) is 1. The third-order valence-corrected chi connectivity index (χ3v) is 5.27. The van der Waals surface area contributed by atoms with Gasteiger partial charge in [0.15, 0.2) is 5.78 Å². The molecule has 2 rings (SSSR count). The van der Waals surface area contributed by atoms with Gasteiger partial charge in [-0.25, -0.2) is 0 Å². The number of phenolic OH excluding ortho intramolecular Hbond substituents is 1. The van der Waals surface area contributed by atoms with E-state index in [-0.39, 0.29) is 5.78 Å². The highest BCUT2D eigenvalue weighted by molar-refractivity contribution is 6.06. The van der Waals surface area contributed by atoms with Gasteiger partial charge in [-0.2, -0.15) is 0 Å². The number of phenols is 1. The fourth-order valence-electron chi connectivity index (χ4n) is 3.42. The van der Waals surface area contributed by atoms with Crippen molar-refractivity contribution < 1.29 is 9.90 Å². The number of rotatable bonds is 7. The highest BCUT2D eigenvalue weighted by atomic mass is 16.3. The molecular formula is C26H38N2O2. The summed E-state index contributed by atoms with van der Waals surface area (Å²) in [5.74, 6) is 1.01. The minimum Gasteiger partial charge on any atom is -0.508 e. The van der Waals surface area contributed by atoms with Crippen molar-refractivity contribution in [2.24, 2.45) is 10.9 Å². The number of nitrogen functional groups attached to an aromatic ring is 1. The van der Waals surface area contributed by atoms with E-state index in [0.29, 0.717) is 22.9 Å². The minimum absolute atomic E-state index is 0.00179. The number of aryl methyl sites for hydroxylation is 3. The average Bonchev–Trinajstić information content (AvgIpc) is 2.69. The lowest BCUT2D eigenvalue weighted by molar-refractivity contribution is 0.101. The second kappa shape index (κ2) is 12.2. The van der Waals surface area contributed by atoms with E-state index in [4.69, 9.17) is 10.8 Å². The van der Waals surface area contributed by atoms with Crippen molar-refractivity contribution in [3.05, 3.63) is 58.1 Å². The van der Waals surface area contributed by atoms with Crippen molar-refractivity contribution in [1.82, 2.24) is 0 Å². The van der Waals surface area contributed by atoms with Gasteiger partial charge in [0, 0.05) is 24.0 Å². The van der Waals surface area contributed by atoms with Crippen LogP contribution in [-0.4, -0.2) is 23.6 Å². The Labute approximate surface area is 182 Å². The van der Waals surface area contributed by atoms with E-state index in [2.05, 4.69) is 32.7 Å². The van der Waals surface area contributed by atoms with Crippen LogP contribution in [0.15, 0.2) is 35.3 Å². The van der Waals surface area contributed by atoms with Crippen LogP contribution in [0.1, 0.15) is 80.1 Å². The first-order valence-corrected chi connectivity index (χ1v) is 10.8. The summed E-state index contributed by atoms with van der Waals surface area (Å²) in [4.78, 5) is 16.0. The third kappa shape index (κ3) is 7.33. The Morgan fingerprint density at radius 2 is 1.70 bits per heavy atom. The van der Waals surface area contributed by atoms with Gasteiger partial charge in [-0.15, -0.1) is 0 Å². The number of Topliss-reactive ketones (excluding diaryl/α,β-unsaturated/α-hetero) is 1. The summed E-state index contributed by atoms with van der Waals surface area (Å²) < 4.78 is 0. The zero-order valence-corrected chi connectivity index (χ0v) is 19.7. The Kier molecular flexibility index (Phi) is 10.3. The standard InChI is InChI=1S/C16H24N2O.C10H14O/c1-10(2)6-7-16(18-5)13-9-14(12(4)19)15(17)8-11(13)3;1-3-8-5-6-10(11)7-9(8)4-2/h8-10H,6-7,17H2,1-5H3;5-7,11H,3-4H2,1-2H3. The molecule has 0 heterocycles. The van der Waals surface area contributed by atoms with Crippen LogP contribution in [0.3, 0.4) is 0 Å². The van der Waals surface area contributed by atoms with Crippen LogP contribution < -0.4 is 5.73 Å². The number of aliphatic imine (C=N–C) groups is 1. The van der Waals surface area contributed by atoms with Gasteiger partial charge in [0.1, 0.15) is 5.75 Å². The molecule has 0 aromatic heterocycles. The Hall–Kier alpha value is -2.62. The van der Waals surface area contributed by atoms with Gasteiger partial charge in [-0.3, -0.25) is 9.79 Å². The quantitative estimate of drug-likeness (QED) is 0.326. The lowest BCUT2D eigenvalue weighted by Crippen LogP contribution is -2.09. The predicted molar refractivity (Wildman–Crippen MR) is 129 cm³/mol. The lowest BCUT2D eigenvalue weighted by Gasteiger charge is -2.13. The number of ketones is 1. The van der Waals surface area contributed by atoms with Crippen LogP contribution in [-0.2, 0) is 12.8 Å². The fourth-order valence-corrected chi connectivity index (χ4v) is 3.42. The van der Waals surface area contributed by atoms with Crippen LogP contribution in [0.4, 0.5) is 5.69 Å². The van der Waals surface area contributed by atoms with E-state index in [0.717, 1.165) is 42.5 Å². The van der Waals surface area contributed by atoms with Gasteiger partial charge in [0.25, 0.3) is 0 Å². The van der Waals surface area contributed by atoms with Gasteiger partial charge in [-0.05, 0) is 92.0 Å². The van der Waals surface area contributed by atoms with E-state index in [1.807, 2.05) is 31.2 Å². The van der Waals surface area contributed by atoms with E-state index in [1.165, 1.54) is 11.1 Å². The molecule has 0 amide bonds. The minimum atomic E-state index is -0.00179. The summed E-state index contributed by atoms with van der Waals surface area (Å²) in [5, 5.41) is 9.16.